The molecule has 1 heterocycles. The summed E-state index contributed by atoms with van der Waals surface area (Å²) in [6.07, 6.45) is 1.50. The molecule has 27 heavy (non-hydrogen) atoms. The molecular formula is C19H18ClN3O4. The molecule has 0 aliphatic carbocycles. The molecule has 8 heteroatoms. The smallest absolute Gasteiger partial charge is 0.273 e. The normalized spacial score (nSPS) is 11.0. The van der Waals surface area contributed by atoms with Gasteiger partial charge in [-0.15, -0.1) is 0 Å². The molecule has 0 fully saturated rings. The molecule has 0 bridgehead atoms. The second-order valence-electron chi connectivity index (χ2n) is 5.52. The Kier molecular flexibility index (Phi) is 5.52. The highest BCUT2D eigenvalue weighted by Gasteiger charge is 2.17. The molecule has 2 aromatic carbocycles. The summed E-state index contributed by atoms with van der Waals surface area (Å²) in [6, 6.07) is 10.5. The van der Waals surface area contributed by atoms with Crippen LogP contribution in [-0.2, 0) is 0 Å². The van der Waals surface area contributed by atoms with Gasteiger partial charge in [-0.2, -0.15) is 0 Å². The Morgan fingerprint density at radius 2 is 1.59 bits per heavy atom. The topological polar surface area (TPSA) is 88.7 Å². The van der Waals surface area contributed by atoms with Crippen LogP contribution >= 0.6 is 11.6 Å². The summed E-state index contributed by atoms with van der Waals surface area (Å²) in [5, 5.41) is 6.07. The molecule has 3 aromatic rings. The number of aromatic amines is 2. The van der Waals surface area contributed by atoms with Crippen molar-refractivity contribution >= 4 is 23.5 Å². The molecule has 0 spiro atoms. The number of aromatic nitrogens is 2. The maximum atomic E-state index is 12.2. The lowest BCUT2D eigenvalue weighted by atomic mass is 10.1. The minimum absolute atomic E-state index is 0.295. The first-order valence-electron chi connectivity index (χ1n) is 7.98. The fourth-order valence-electron chi connectivity index (χ4n) is 2.61. The SMILES string of the molecule is COc1cc(-c2[nH][nH]c(=O)c2C=Nc2ccc(Cl)cc2)cc(OC)c1OC. The highest BCUT2D eigenvalue weighted by molar-refractivity contribution is 6.30. The van der Waals surface area contributed by atoms with Crippen LogP contribution in [0.5, 0.6) is 17.2 Å². The number of hydrogen-bond acceptors (Lipinski definition) is 5. The summed E-state index contributed by atoms with van der Waals surface area (Å²) < 4.78 is 16.1. The van der Waals surface area contributed by atoms with Gasteiger partial charge in [-0.1, -0.05) is 11.6 Å². The first kappa shape index (κ1) is 18.6. The molecule has 0 unspecified atom stereocenters. The van der Waals surface area contributed by atoms with Crippen molar-refractivity contribution < 1.29 is 14.2 Å². The molecule has 0 aliphatic heterocycles. The molecule has 2 N–H and O–H groups in total. The van der Waals surface area contributed by atoms with E-state index in [9.17, 15) is 4.79 Å². The van der Waals surface area contributed by atoms with E-state index in [-0.39, 0.29) is 5.56 Å². The number of nitrogens with zero attached hydrogens (tertiary/aromatic N) is 1. The average molecular weight is 388 g/mol. The first-order valence-corrected chi connectivity index (χ1v) is 8.35. The van der Waals surface area contributed by atoms with Gasteiger partial charge < -0.3 is 14.2 Å². The van der Waals surface area contributed by atoms with Gasteiger partial charge in [0.15, 0.2) is 11.5 Å². The van der Waals surface area contributed by atoms with E-state index in [1.807, 2.05) is 0 Å². The number of hydrogen-bond donors (Lipinski definition) is 2. The molecule has 0 amide bonds. The fourth-order valence-corrected chi connectivity index (χ4v) is 2.74. The van der Waals surface area contributed by atoms with Crippen LogP contribution in [0.15, 0.2) is 46.2 Å². The number of benzene rings is 2. The Bertz CT molecular complexity index is 997. The van der Waals surface area contributed by atoms with E-state index in [4.69, 9.17) is 25.8 Å². The van der Waals surface area contributed by atoms with Crippen molar-refractivity contribution in [2.75, 3.05) is 21.3 Å². The van der Waals surface area contributed by atoms with E-state index in [2.05, 4.69) is 15.2 Å². The van der Waals surface area contributed by atoms with Gasteiger partial charge in [0.25, 0.3) is 5.56 Å². The zero-order valence-electron chi connectivity index (χ0n) is 15.0. The van der Waals surface area contributed by atoms with Gasteiger partial charge in [0.2, 0.25) is 5.75 Å². The Hall–Kier alpha value is -3.19. The van der Waals surface area contributed by atoms with E-state index in [1.54, 1.807) is 36.4 Å². The van der Waals surface area contributed by atoms with Crippen molar-refractivity contribution in [1.29, 1.82) is 0 Å². The van der Waals surface area contributed by atoms with Gasteiger partial charge in [-0.05, 0) is 36.4 Å². The third-order valence-electron chi connectivity index (χ3n) is 3.94. The second kappa shape index (κ2) is 8.01. The van der Waals surface area contributed by atoms with E-state index < -0.39 is 0 Å². The summed E-state index contributed by atoms with van der Waals surface area (Å²) >= 11 is 5.88. The number of methoxy groups -OCH3 is 3. The number of ether oxygens (including phenoxy) is 3. The summed E-state index contributed by atoms with van der Waals surface area (Å²) in [5.41, 5.74) is 1.99. The van der Waals surface area contributed by atoms with E-state index >= 15 is 0 Å². The third-order valence-corrected chi connectivity index (χ3v) is 4.19. The first-order chi connectivity index (χ1) is 13.1. The summed E-state index contributed by atoms with van der Waals surface area (Å²) in [7, 11) is 4.59. The zero-order chi connectivity index (χ0) is 19.4. The monoisotopic (exact) mass is 387 g/mol. The molecule has 0 aliphatic rings. The Balaban J connectivity index is 2.06. The van der Waals surface area contributed by atoms with Crippen molar-refractivity contribution in [3.63, 3.8) is 0 Å². The molecular weight excluding hydrogens is 370 g/mol. The lowest BCUT2D eigenvalue weighted by molar-refractivity contribution is 0.324. The summed E-state index contributed by atoms with van der Waals surface area (Å²) in [5.74, 6) is 1.43. The minimum Gasteiger partial charge on any atom is -0.493 e. The van der Waals surface area contributed by atoms with Crippen LogP contribution in [0.25, 0.3) is 11.3 Å². The highest BCUT2D eigenvalue weighted by Crippen LogP contribution is 2.41. The Morgan fingerprint density at radius 1 is 0.963 bits per heavy atom. The molecule has 1 aromatic heterocycles. The third kappa shape index (κ3) is 3.83. The largest absolute Gasteiger partial charge is 0.493 e. The van der Waals surface area contributed by atoms with Crippen LogP contribution in [0, 0.1) is 0 Å². The number of aliphatic imine (C=N–C) groups is 1. The van der Waals surface area contributed by atoms with Gasteiger partial charge in [-0.25, -0.2) is 0 Å². The molecule has 0 saturated carbocycles. The lowest BCUT2D eigenvalue weighted by Crippen LogP contribution is -2.05. The van der Waals surface area contributed by atoms with Crippen LogP contribution in [0.1, 0.15) is 5.56 Å². The van der Waals surface area contributed by atoms with Gasteiger partial charge in [0.05, 0.1) is 38.3 Å². The quantitative estimate of drug-likeness (QED) is 0.629. The molecule has 3 rings (SSSR count). The number of rotatable bonds is 6. The Labute approximate surface area is 160 Å². The summed E-state index contributed by atoms with van der Waals surface area (Å²) in [6.45, 7) is 0. The molecule has 140 valence electrons. The van der Waals surface area contributed by atoms with Crippen LogP contribution < -0.4 is 19.8 Å². The van der Waals surface area contributed by atoms with Crippen LogP contribution in [-0.4, -0.2) is 37.7 Å². The molecule has 0 saturated heterocycles. The highest BCUT2D eigenvalue weighted by atomic mass is 35.5. The average Bonchev–Trinajstić information content (AvgIpc) is 3.06. The zero-order valence-corrected chi connectivity index (χ0v) is 15.8. The summed E-state index contributed by atoms with van der Waals surface area (Å²) in [4.78, 5) is 16.6. The maximum Gasteiger partial charge on any atom is 0.273 e. The number of H-pyrrole nitrogens is 2. The molecule has 7 nitrogen and oxygen atoms in total. The lowest BCUT2D eigenvalue weighted by Gasteiger charge is -2.13. The van der Waals surface area contributed by atoms with E-state index in [0.29, 0.717) is 44.8 Å². The number of nitrogens with one attached hydrogen (secondary N) is 2. The molecule has 0 radical (unpaired) electrons. The fraction of sp³-hybridized carbons (Fsp3) is 0.158. The van der Waals surface area contributed by atoms with Crippen LogP contribution in [0.3, 0.4) is 0 Å². The van der Waals surface area contributed by atoms with E-state index in [1.165, 1.54) is 27.5 Å². The predicted molar refractivity (Wildman–Crippen MR) is 105 cm³/mol. The van der Waals surface area contributed by atoms with Gasteiger partial charge in [0.1, 0.15) is 0 Å². The van der Waals surface area contributed by atoms with E-state index in [0.717, 1.165) is 0 Å². The van der Waals surface area contributed by atoms with Crippen molar-refractivity contribution in [1.82, 2.24) is 10.2 Å². The van der Waals surface area contributed by atoms with Crippen molar-refractivity contribution in [3.8, 4) is 28.5 Å². The van der Waals surface area contributed by atoms with Gasteiger partial charge in [-0.3, -0.25) is 20.0 Å². The maximum absolute atomic E-state index is 12.2. The van der Waals surface area contributed by atoms with Gasteiger partial charge in [0, 0.05) is 16.8 Å². The van der Waals surface area contributed by atoms with Crippen LogP contribution in [0.4, 0.5) is 5.69 Å². The predicted octanol–water partition coefficient (Wildman–Crippen LogP) is 3.80. The van der Waals surface area contributed by atoms with Crippen molar-refractivity contribution in [2.24, 2.45) is 4.99 Å². The standard InChI is InChI=1S/C19H18ClN3O4/c1-25-15-8-11(9-16(26-2)18(15)27-3)17-14(19(24)23-22-17)10-21-13-6-4-12(20)5-7-13/h4-10H,1-3H3,(H2,22,23,24). The van der Waals surface area contributed by atoms with Crippen molar-refractivity contribution in [3.05, 3.63) is 57.3 Å². The van der Waals surface area contributed by atoms with Gasteiger partial charge >= 0.3 is 0 Å². The minimum atomic E-state index is -0.295. The number of halogens is 1. The molecule has 0 atom stereocenters. The van der Waals surface area contributed by atoms with Crippen LogP contribution in [0.2, 0.25) is 5.02 Å². The Morgan fingerprint density at radius 3 is 2.15 bits per heavy atom. The van der Waals surface area contributed by atoms with Crippen molar-refractivity contribution in [2.45, 2.75) is 0 Å². The second-order valence-corrected chi connectivity index (χ2v) is 5.95.